The number of nitrogens with zero attached hydrogens (tertiary/aromatic N) is 3. The lowest BCUT2D eigenvalue weighted by Gasteiger charge is -2.12. The highest BCUT2D eigenvalue weighted by Crippen LogP contribution is 2.46. The van der Waals surface area contributed by atoms with E-state index in [0.717, 1.165) is 12.4 Å². The molecule has 3 nitrogen and oxygen atoms in total. The highest BCUT2D eigenvalue weighted by Gasteiger charge is 2.45. The second-order valence-corrected chi connectivity index (χ2v) is 4.37. The molecule has 1 aromatic heterocycles. The fourth-order valence-electron chi connectivity index (χ4n) is 1.61. The lowest BCUT2D eigenvalue weighted by atomic mass is 9.96. The van der Waals surface area contributed by atoms with Gasteiger partial charge < -0.3 is 0 Å². The molecule has 1 aliphatic carbocycles. The van der Waals surface area contributed by atoms with Gasteiger partial charge in [0.25, 0.3) is 0 Å². The Labute approximate surface area is 100 Å². The Bertz CT molecular complexity index is 471. The average Bonchev–Trinajstić information content (AvgIpc) is 3.04. The fraction of sp³-hybridized carbons (Fsp3) is 0.545. The van der Waals surface area contributed by atoms with Gasteiger partial charge in [0.1, 0.15) is 5.67 Å². The van der Waals surface area contributed by atoms with E-state index in [4.69, 9.17) is 5.26 Å². The van der Waals surface area contributed by atoms with E-state index in [9.17, 15) is 17.6 Å². The minimum atomic E-state index is -4.61. The number of hydrogen-bond donors (Lipinski definition) is 0. The number of rotatable bonds is 3. The van der Waals surface area contributed by atoms with Crippen LogP contribution in [0, 0.1) is 11.3 Å². The van der Waals surface area contributed by atoms with Gasteiger partial charge in [0.05, 0.1) is 12.0 Å². The third kappa shape index (κ3) is 2.75. The first kappa shape index (κ1) is 12.7. The Hall–Kier alpha value is -1.71. The summed E-state index contributed by atoms with van der Waals surface area (Å²) in [5.41, 5.74) is -1.13. The zero-order chi connectivity index (χ0) is 13.4. The van der Waals surface area contributed by atoms with E-state index in [1.54, 1.807) is 0 Å². The third-order valence-corrected chi connectivity index (χ3v) is 2.85. The quantitative estimate of drug-likeness (QED) is 0.784. The summed E-state index contributed by atoms with van der Waals surface area (Å²) in [4.78, 5) is 6.32. The number of hydrogen-bond acceptors (Lipinski definition) is 3. The highest BCUT2D eigenvalue weighted by atomic mass is 19.4. The lowest BCUT2D eigenvalue weighted by Crippen LogP contribution is -2.13. The number of nitriles is 1. The molecule has 1 atom stereocenters. The molecular formula is C11H9F4N3. The largest absolute Gasteiger partial charge is 0.451 e. The molecule has 0 amide bonds. The first-order chi connectivity index (χ1) is 8.34. The second-order valence-electron chi connectivity index (χ2n) is 4.37. The molecule has 1 aliphatic rings. The van der Waals surface area contributed by atoms with Crippen LogP contribution in [0.2, 0.25) is 0 Å². The van der Waals surface area contributed by atoms with E-state index in [-0.39, 0.29) is 12.0 Å². The molecule has 1 fully saturated rings. The molecule has 0 bridgehead atoms. The maximum absolute atomic E-state index is 13.5. The van der Waals surface area contributed by atoms with E-state index >= 15 is 0 Å². The van der Waals surface area contributed by atoms with Crippen molar-refractivity contribution in [1.82, 2.24) is 9.97 Å². The van der Waals surface area contributed by atoms with Crippen LogP contribution < -0.4 is 0 Å². The molecule has 0 radical (unpaired) electrons. The minimum absolute atomic E-state index is 0.0157. The molecule has 0 N–H and O–H groups in total. The molecule has 0 saturated heterocycles. The van der Waals surface area contributed by atoms with Crippen LogP contribution in [-0.4, -0.2) is 15.6 Å². The van der Waals surface area contributed by atoms with Gasteiger partial charge in [0.15, 0.2) is 0 Å². The van der Waals surface area contributed by atoms with Crippen molar-refractivity contribution >= 4 is 0 Å². The summed E-state index contributed by atoms with van der Waals surface area (Å²) in [5, 5.41) is 8.91. The van der Waals surface area contributed by atoms with Crippen LogP contribution in [0.5, 0.6) is 0 Å². The summed E-state index contributed by atoms with van der Waals surface area (Å²) in [5.74, 6) is -2.07. The van der Waals surface area contributed by atoms with Crippen molar-refractivity contribution < 1.29 is 17.6 Å². The van der Waals surface area contributed by atoms with Crippen molar-refractivity contribution in [2.24, 2.45) is 0 Å². The molecule has 0 aliphatic heterocycles. The van der Waals surface area contributed by atoms with Gasteiger partial charge in [-0.2, -0.15) is 18.4 Å². The van der Waals surface area contributed by atoms with Gasteiger partial charge in [-0.25, -0.2) is 14.4 Å². The Morgan fingerprint density at radius 2 is 1.89 bits per heavy atom. The fourth-order valence-corrected chi connectivity index (χ4v) is 1.61. The lowest BCUT2D eigenvalue weighted by molar-refractivity contribution is -0.145. The molecule has 1 unspecified atom stereocenters. The Morgan fingerprint density at radius 3 is 2.28 bits per heavy atom. The van der Waals surface area contributed by atoms with Crippen molar-refractivity contribution in [3.8, 4) is 6.07 Å². The second kappa shape index (κ2) is 4.19. The monoisotopic (exact) mass is 259 g/mol. The van der Waals surface area contributed by atoms with Crippen molar-refractivity contribution in [3.63, 3.8) is 0 Å². The maximum Gasteiger partial charge on any atom is 0.451 e. The summed E-state index contributed by atoms with van der Waals surface area (Å²) in [6.07, 6.45) is -1.96. The molecule has 1 saturated carbocycles. The van der Waals surface area contributed by atoms with E-state index < -0.39 is 23.6 Å². The zero-order valence-electron chi connectivity index (χ0n) is 9.21. The molecule has 7 heteroatoms. The molecule has 0 spiro atoms. The average molecular weight is 259 g/mol. The maximum atomic E-state index is 13.5. The van der Waals surface area contributed by atoms with Gasteiger partial charge in [0.2, 0.25) is 5.82 Å². The first-order valence-electron chi connectivity index (χ1n) is 5.32. The Kier molecular flexibility index (Phi) is 2.97. The van der Waals surface area contributed by atoms with Crippen molar-refractivity contribution in [1.29, 1.82) is 5.26 Å². The van der Waals surface area contributed by atoms with Crippen LogP contribution in [0.3, 0.4) is 0 Å². The van der Waals surface area contributed by atoms with Gasteiger partial charge in [-0.05, 0) is 12.8 Å². The van der Waals surface area contributed by atoms with Crippen LogP contribution in [-0.2, 0) is 6.18 Å². The third-order valence-electron chi connectivity index (χ3n) is 2.85. The van der Waals surface area contributed by atoms with Gasteiger partial charge in [-0.15, -0.1) is 0 Å². The van der Waals surface area contributed by atoms with Crippen LogP contribution in [0.15, 0.2) is 12.4 Å². The molecule has 18 heavy (non-hydrogen) atoms. The summed E-state index contributed by atoms with van der Waals surface area (Å²) in [6, 6.07) is 1.87. The van der Waals surface area contributed by atoms with Crippen LogP contribution >= 0.6 is 0 Å². The normalized spacial score (nSPS) is 19.1. The van der Waals surface area contributed by atoms with Crippen molar-refractivity contribution in [3.05, 3.63) is 23.8 Å². The SMILES string of the molecule is N#CC(CC1(F)CC1)c1cnc(C(F)(F)F)nc1. The number of alkyl halides is 4. The van der Waals surface area contributed by atoms with Crippen LogP contribution in [0.4, 0.5) is 17.6 Å². The topological polar surface area (TPSA) is 49.6 Å². The van der Waals surface area contributed by atoms with Crippen LogP contribution in [0.1, 0.15) is 36.6 Å². The predicted molar refractivity (Wildman–Crippen MR) is 53.1 cm³/mol. The molecule has 2 rings (SSSR count). The van der Waals surface area contributed by atoms with Gasteiger partial charge in [-0.3, -0.25) is 0 Å². The zero-order valence-corrected chi connectivity index (χ0v) is 9.21. The van der Waals surface area contributed by atoms with Gasteiger partial charge in [0, 0.05) is 24.4 Å². The summed E-state index contributed by atoms with van der Waals surface area (Å²) >= 11 is 0. The van der Waals surface area contributed by atoms with Crippen molar-refractivity contribution in [2.45, 2.75) is 37.0 Å². The van der Waals surface area contributed by atoms with Gasteiger partial charge in [-0.1, -0.05) is 0 Å². The first-order valence-corrected chi connectivity index (χ1v) is 5.32. The van der Waals surface area contributed by atoms with E-state index in [1.807, 2.05) is 6.07 Å². The van der Waals surface area contributed by atoms with E-state index in [1.165, 1.54) is 0 Å². The minimum Gasteiger partial charge on any atom is -0.244 e. The standard InChI is InChI=1S/C11H9F4N3/c12-10(1-2-10)3-7(4-16)8-5-17-9(18-6-8)11(13,14)15/h5-7H,1-3H2. The van der Waals surface area contributed by atoms with Gasteiger partial charge >= 0.3 is 6.18 Å². The highest BCUT2D eigenvalue weighted by molar-refractivity contribution is 5.21. The smallest absolute Gasteiger partial charge is 0.244 e. The van der Waals surface area contributed by atoms with Crippen molar-refractivity contribution in [2.75, 3.05) is 0 Å². The van der Waals surface area contributed by atoms with E-state index in [2.05, 4.69) is 9.97 Å². The molecule has 1 heterocycles. The Morgan fingerprint density at radius 1 is 1.33 bits per heavy atom. The predicted octanol–water partition coefficient (Wildman–Crippen LogP) is 2.99. The molecule has 0 aromatic carbocycles. The van der Waals surface area contributed by atoms with E-state index in [0.29, 0.717) is 12.8 Å². The summed E-state index contributed by atoms with van der Waals surface area (Å²) in [6.45, 7) is 0. The molecular weight excluding hydrogens is 250 g/mol. The number of aromatic nitrogens is 2. The number of halogens is 4. The molecule has 96 valence electrons. The Balaban J connectivity index is 2.15. The van der Waals surface area contributed by atoms with Crippen LogP contribution in [0.25, 0.3) is 0 Å². The summed E-state index contributed by atoms with van der Waals surface area (Å²) < 4.78 is 50.2. The molecule has 1 aromatic rings. The summed E-state index contributed by atoms with van der Waals surface area (Å²) in [7, 11) is 0.